The van der Waals surface area contributed by atoms with Gasteiger partial charge in [0, 0.05) is 13.1 Å². The first-order valence-corrected chi connectivity index (χ1v) is 7.38. The van der Waals surface area contributed by atoms with E-state index < -0.39 is 5.60 Å². The average Bonchev–Trinajstić information content (AvgIpc) is 2.24. The van der Waals surface area contributed by atoms with Gasteiger partial charge in [-0.15, -0.1) is 0 Å². The molecule has 0 aromatic heterocycles. The highest BCUT2D eigenvalue weighted by molar-refractivity contribution is 5.74. The molecular weight excluding hydrogens is 264 g/mol. The lowest BCUT2D eigenvalue weighted by Crippen LogP contribution is -2.47. The number of benzene rings is 1. The summed E-state index contributed by atoms with van der Waals surface area (Å²) in [5.41, 5.74) is 2.82. The fourth-order valence-electron chi connectivity index (χ4n) is 2.56. The van der Waals surface area contributed by atoms with Gasteiger partial charge >= 0.3 is 6.03 Å². The first-order chi connectivity index (χ1) is 9.56. The molecule has 0 aliphatic rings. The van der Waals surface area contributed by atoms with E-state index in [0.717, 1.165) is 6.42 Å². The Labute approximate surface area is 128 Å². The highest BCUT2D eigenvalue weighted by Gasteiger charge is 2.20. The summed E-state index contributed by atoms with van der Waals surface area (Å²) in [6.45, 7) is 9.84. The van der Waals surface area contributed by atoms with Gasteiger partial charge in [-0.3, -0.25) is 0 Å². The molecule has 4 nitrogen and oxygen atoms in total. The number of amides is 2. The summed E-state index contributed by atoms with van der Waals surface area (Å²) in [5.74, 6) is 0. The van der Waals surface area contributed by atoms with Gasteiger partial charge in [-0.25, -0.2) is 4.79 Å². The molecular formula is C17H28N2O2. The van der Waals surface area contributed by atoms with E-state index >= 15 is 0 Å². The molecule has 0 saturated heterocycles. The molecule has 0 saturated carbocycles. The molecule has 0 spiro atoms. The fourth-order valence-corrected chi connectivity index (χ4v) is 2.56. The lowest BCUT2D eigenvalue weighted by Gasteiger charge is -2.27. The number of carbonyl (C=O) groups excluding carboxylic acids is 1. The van der Waals surface area contributed by atoms with Gasteiger partial charge in [0.25, 0.3) is 0 Å². The standard InChI is InChI=1S/C17H28N2O2/c1-12-7-13(2)9-15(8-12)10-14(3)18-16(20)19(6)11-17(4,5)21/h7-9,14,21H,10-11H2,1-6H3,(H,18,20). The minimum atomic E-state index is -0.886. The predicted molar refractivity (Wildman–Crippen MR) is 86.5 cm³/mol. The van der Waals surface area contributed by atoms with Crippen LogP contribution in [0.15, 0.2) is 18.2 Å². The zero-order valence-electron chi connectivity index (χ0n) is 14.0. The van der Waals surface area contributed by atoms with Gasteiger partial charge in [0.1, 0.15) is 0 Å². The fraction of sp³-hybridized carbons (Fsp3) is 0.588. The second-order valence-corrected chi connectivity index (χ2v) is 6.72. The van der Waals surface area contributed by atoms with Crippen LogP contribution in [0.1, 0.15) is 37.5 Å². The van der Waals surface area contributed by atoms with Crippen LogP contribution in [-0.2, 0) is 6.42 Å². The Kier molecular flexibility index (Phi) is 5.78. The van der Waals surface area contributed by atoms with Crippen molar-refractivity contribution in [2.75, 3.05) is 13.6 Å². The molecule has 0 radical (unpaired) electrons. The maximum absolute atomic E-state index is 12.1. The summed E-state index contributed by atoms with van der Waals surface area (Å²) in [6, 6.07) is 6.33. The normalized spacial score (nSPS) is 12.9. The number of rotatable bonds is 5. The van der Waals surface area contributed by atoms with Crippen LogP contribution in [0, 0.1) is 13.8 Å². The quantitative estimate of drug-likeness (QED) is 0.876. The van der Waals surface area contributed by atoms with Crippen molar-refractivity contribution < 1.29 is 9.90 Å². The molecule has 0 aliphatic carbocycles. The molecule has 1 unspecified atom stereocenters. The highest BCUT2D eigenvalue weighted by atomic mass is 16.3. The molecule has 21 heavy (non-hydrogen) atoms. The van der Waals surface area contributed by atoms with Gasteiger partial charge in [0.05, 0.1) is 12.1 Å². The van der Waals surface area contributed by atoms with Crippen molar-refractivity contribution in [1.82, 2.24) is 10.2 Å². The van der Waals surface area contributed by atoms with Gasteiger partial charge < -0.3 is 15.3 Å². The van der Waals surface area contributed by atoms with E-state index in [-0.39, 0.29) is 12.1 Å². The molecule has 0 fully saturated rings. The Hall–Kier alpha value is -1.55. The largest absolute Gasteiger partial charge is 0.389 e. The van der Waals surface area contributed by atoms with E-state index in [1.54, 1.807) is 20.9 Å². The molecule has 2 amide bonds. The molecule has 1 atom stereocenters. The zero-order valence-corrected chi connectivity index (χ0v) is 14.0. The van der Waals surface area contributed by atoms with Gasteiger partial charge in [-0.2, -0.15) is 0 Å². The maximum Gasteiger partial charge on any atom is 0.317 e. The van der Waals surface area contributed by atoms with E-state index in [0.29, 0.717) is 6.54 Å². The summed E-state index contributed by atoms with van der Waals surface area (Å²) in [7, 11) is 1.69. The lowest BCUT2D eigenvalue weighted by molar-refractivity contribution is 0.0528. The molecule has 4 heteroatoms. The summed E-state index contributed by atoms with van der Waals surface area (Å²) >= 11 is 0. The average molecular weight is 292 g/mol. The Morgan fingerprint density at radius 1 is 1.29 bits per heavy atom. The Morgan fingerprint density at radius 3 is 2.29 bits per heavy atom. The van der Waals surface area contributed by atoms with Crippen LogP contribution in [-0.4, -0.2) is 41.3 Å². The molecule has 2 N–H and O–H groups in total. The van der Waals surface area contributed by atoms with Gasteiger partial charge in [-0.05, 0) is 46.6 Å². The third kappa shape index (κ3) is 6.63. The SMILES string of the molecule is Cc1cc(C)cc(CC(C)NC(=O)N(C)CC(C)(C)O)c1. The van der Waals surface area contributed by atoms with E-state index in [1.807, 2.05) is 6.92 Å². The molecule has 118 valence electrons. The van der Waals surface area contributed by atoms with E-state index in [2.05, 4.69) is 37.4 Å². The van der Waals surface area contributed by atoms with Crippen LogP contribution >= 0.6 is 0 Å². The van der Waals surface area contributed by atoms with Crippen molar-refractivity contribution in [3.63, 3.8) is 0 Å². The van der Waals surface area contributed by atoms with Crippen LogP contribution in [0.2, 0.25) is 0 Å². The summed E-state index contributed by atoms with van der Waals surface area (Å²) < 4.78 is 0. The maximum atomic E-state index is 12.1. The Bertz CT molecular complexity index is 472. The zero-order chi connectivity index (χ0) is 16.2. The van der Waals surface area contributed by atoms with Crippen molar-refractivity contribution in [3.05, 3.63) is 34.9 Å². The molecule has 1 aromatic rings. The van der Waals surface area contributed by atoms with E-state index in [4.69, 9.17) is 0 Å². The number of aliphatic hydroxyl groups is 1. The predicted octanol–water partition coefficient (Wildman–Crippen LogP) is 2.65. The minimum Gasteiger partial charge on any atom is -0.389 e. The third-order valence-corrected chi connectivity index (χ3v) is 3.16. The van der Waals surface area contributed by atoms with Crippen molar-refractivity contribution in [2.24, 2.45) is 0 Å². The first kappa shape index (κ1) is 17.5. The van der Waals surface area contributed by atoms with Crippen LogP contribution in [0.25, 0.3) is 0 Å². The molecule has 0 bridgehead atoms. The van der Waals surface area contributed by atoms with E-state index in [1.165, 1.54) is 21.6 Å². The Morgan fingerprint density at radius 2 is 1.81 bits per heavy atom. The monoisotopic (exact) mass is 292 g/mol. The topological polar surface area (TPSA) is 52.6 Å². The molecule has 0 heterocycles. The molecule has 1 aromatic carbocycles. The lowest BCUT2D eigenvalue weighted by atomic mass is 10.0. The van der Waals surface area contributed by atoms with Crippen molar-refractivity contribution >= 4 is 6.03 Å². The summed E-state index contributed by atoms with van der Waals surface area (Å²) in [4.78, 5) is 13.6. The number of urea groups is 1. The number of likely N-dealkylation sites (N-methyl/N-ethyl adjacent to an activating group) is 1. The number of nitrogens with one attached hydrogen (secondary N) is 1. The summed E-state index contributed by atoms with van der Waals surface area (Å²) in [5, 5.41) is 12.7. The number of hydrogen-bond donors (Lipinski definition) is 2. The second-order valence-electron chi connectivity index (χ2n) is 6.72. The second kappa shape index (κ2) is 6.94. The highest BCUT2D eigenvalue weighted by Crippen LogP contribution is 2.11. The number of nitrogens with zero attached hydrogens (tertiary/aromatic N) is 1. The minimum absolute atomic E-state index is 0.0444. The van der Waals surface area contributed by atoms with Gasteiger partial charge in [0.15, 0.2) is 0 Å². The van der Waals surface area contributed by atoms with Crippen LogP contribution in [0.5, 0.6) is 0 Å². The molecule has 0 aliphatic heterocycles. The number of hydrogen-bond acceptors (Lipinski definition) is 2. The summed E-state index contributed by atoms with van der Waals surface area (Å²) in [6.07, 6.45) is 0.796. The third-order valence-electron chi connectivity index (χ3n) is 3.16. The Balaban J connectivity index is 2.56. The smallest absolute Gasteiger partial charge is 0.317 e. The van der Waals surface area contributed by atoms with Crippen molar-refractivity contribution in [3.8, 4) is 0 Å². The van der Waals surface area contributed by atoms with E-state index in [9.17, 15) is 9.90 Å². The van der Waals surface area contributed by atoms with Gasteiger partial charge in [-0.1, -0.05) is 29.3 Å². The molecule has 1 rings (SSSR count). The number of aryl methyl sites for hydroxylation is 2. The van der Waals surface area contributed by atoms with Crippen LogP contribution in [0.4, 0.5) is 4.79 Å². The van der Waals surface area contributed by atoms with Crippen molar-refractivity contribution in [1.29, 1.82) is 0 Å². The van der Waals surface area contributed by atoms with Crippen molar-refractivity contribution in [2.45, 2.75) is 52.7 Å². The van der Waals surface area contributed by atoms with Crippen LogP contribution < -0.4 is 5.32 Å². The number of carbonyl (C=O) groups is 1. The van der Waals surface area contributed by atoms with Crippen LogP contribution in [0.3, 0.4) is 0 Å². The first-order valence-electron chi connectivity index (χ1n) is 7.38. The van der Waals surface area contributed by atoms with Gasteiger partial charge in [0.2, 0.25) is 0 Å².